The molecule has 0 unspecified atom stereocenters. The smallest absolute Gasteiger partial charge is 0.274 e. The van der Waals surface area contributed by atoms with E-state index < -0.39 is 5.91 Å². The zero-order valence-electron chi connectivity index (χ0n) is 13.7. The summed E-state index contributed by atoms with van der Waals surface area (Å²) in [7, 11) is 1.65. The van der Waals surface area contributed by atoms with Crippen molar-refractivity contribution >= 4 is 5.91 Å². The first-order chi connectivity index (χ1) is 12.2. The van der Waals surface area contributed by atoms with E-state index in [2.05, 4.69) is 10.3 Å². The number of hydrogen-bond donors (Lipinski definition) is 2. The third-order valence-electron chi connectivity index (χ3n) is 3.82. The second-order valence-electron chi connectivity index (χ2n) is 5.49. The lowest BCUT2D eigenvalue weighted by atomic mass is 10.1. The van der Waals surface area contributed by atoms with Gasteiger partial charge in [0, 0.05) is 17.7 Å². The Labute approximate surface area is 144 Å². The van der Waals surface area contributed by atoms with Gasteiger partial charge in [0.1, 0.15) is 11.4 Å². The van der Waals surface area contributed by atoms with Crippen molar-refractivity contribution in [3.8, 4) is 17.0 Å². The van der Waals surface area contributed by atoms with Gasteiger partial charge in [-0.2, -0.15) is 0 Å². The molecule has 0 aliphatic carbocycles. The van der Waals surface area contributed by atoms with Gasteiger partial charge < -0.3 is 4.74 Å². The molecule has 7 heteroatoms. The molecule has 3 rings (SSSR count). The number of carbonyl (C=O) groups excluding carboxylic acids is 1. The Hall–Kier alpha value is -3.19. The summed E-state index contributed by atoms with van der Waals surface area (Å²) in [6.45, 7) is 0.678. The summed E-state index contributed by atoms with van der Waals surface area (Å²) in [6.07, 6.45) is 2.63. The number of methoxy groups -OCH3 is 1. The van der Waals surface area contributed by atoms with Crippen LogP contribution in [-0.2, 0) is 13.0 Å². The van der Waals surface area contributed by atoms with E-state index in [0.717, 1.165) is 23.3 Å². The first-order valence-electron chi connectivity index (χ1n) is 7.77. The second kappa shape index (κ2) is 7.59. The summed E-state index contributed by atoms with van der Waals surface area (Å²) in [6, 6.07) is 14.7. The van der Waals surface area contributed by atoms with Crippen molar-refractivity contribution in [3.05, 3.63) is 65.9 Å². The zero-order chi connectivity index (χ0) is 17.6. The molecule has 1 heterocycles. The summed E-state index contributed by atoms with van der Waals surface area (Å²) in [5, 5.41) is 17.0. The number of ether oxygens (including phenoxy) is 1. The van der Waals surface area contributed by atoms with Crippen molar-refractivity contribution in [2.24, 2.45) is 0 Å². The van der Waals surface area contributed by atoms with Crippen molar-refractivity contribution < 1.29 is 14.7 Å². The van der Waals surface area contributed by atoms with Crippen LogP contribution in [0.3, 0.4) is 0 Å². The van der Waals surface area contributed by atoms with E-state index in [1.165, 1.54) is 0 Å². The maximum absolute atomic E-state index is 11.5. The lowest BCUT2D eigenvalue weighted by Gasteiger charge is -2.04. The molecule has 0 aliphatic rings. The van der Waals surface area contributed by atoms with Gasteiger partial charge in [-0.15, -0.1) is 5.10 Å². The molecular weight excluding hydrogens is 320 g/mol. The number of nitrogens with one attached hydrogen (secondary N) is 1. The number of hydroxylamine groups is 1. The standard InChI is InChI=1S/C18H18N4O3/c1-25-16-7-2-4-13(10-16)8-9-22-12-17(19-21-22)14-5-3-6-15(11-14)18(23)20-24/h2-7,10-12,24H,8-9H2,1H3,(H,20,23). The highest BCUT2D eigenvalue weighted by Gasteiger charge is 2.09. The molecule has 0 aliphatic heterocycles. The zero-order valence-corrected chi connectivity index (χ0v) is 13.7. The number of hydrogen-bond acceptors (Lipinski definition) is 5. The number of amides is 1. The molecule has 1 aromatic heterocycles. The van der Waals surface area contributed by atoms with Gasteiger partial charge in [-0.25, -0.2) is 5.48 Å². The molecule has 7 nitrogen and oxygen atoms in total. The minimum atomic E-state index is -0.563. The Morgan fingerprint density at radius 1 is 1.24 bits per heavy atom. The Morgan fingerprint density at radius 3 is 2.88 bits per heavy atom. The van der Waals surface area contributed by atoms with Crippen LogP contribution in [0.5, 0.6) is 5.75 Å². The molecule has 0 saturated heterocycles. The molecule has 1 amide bonds. The molecule has 0 fully saturated rings. The Kier molecular flexibility index (Phi) is 5.06. The summed E-state index contributed by atoms with van der Waals surface area (Å²) < 4.78 is 6.98. The maximum atomic E-state index is 11.5. The van der Waals surface area contributed by atoms with Crippen LogP contribution in [0.2, 0.25) is 0 Å². The van der Waals surface area contributed by atoms with Crippen molar-refractivity contribution in [3.63, 3.8) is 0 Å². The van der Waals surface area contributed by atoms with Gasteiger partial charge in [-0.3, -0.25) is 14.7 Å². The average Bonchev–Trinajstić information content (AvgIpc) is 3.15. The van der Waals surface area contributed by atoms with Gasteiger partial charge in [-0.05, 0) is 36.2 Å². The van der Waals surface area contributed by atoms with Gasteiger partial charge in [0.15, 0.2) is 0 Å². The molecule has 128 valence electrons. The van der Waals surface area contributed by atoms with Crippen LogP contribution in [0.1, 0.15) is 15.9 Å². The third kappa shape index (κ3) is 4.02. The number of benzene rings is 2. The fraction of sp³-hybridized carbons (Fsp3) is 0.167. The Bertz CT molecular complexity index is 876. The molecule has 2 N–H and O–H groups in total. The number of aromatic nitrogens is 3. The van der Waals surface area contributed by atoms with Crippen LogP contribution in [0.15, 0.2) is 54.7 Å². The van der Waals surface area contributed by atoms with Crippen molar-refractivity contribution in [2.45, 2.75) is 13.0 Å². The first kappa shape index (κ1) is 16.7. The van der Waals surface area contributed by atoms with Gasteiger partial charge in [0.2, 0.25) is 0 Å². The predicted octanol–water partition coefficient (Wildman–Crippen LogP) is 2.32. The Balaban J connectivity index is 1.71. The Morgan fingerprint density at radius 2 is 2.08 bits per heavy atom. The molecule has 0 saturated carbocycles. The molecule has 3 aromatic rings. The predicted molar refractivity (Wildman–Crippen MR) is 91.4 cm³/mol. The molecular formula is C18H18N4O3. The highest BCUT2D eigenvalue weighted by Crippen LogP contribution is 2.18. The highest BCUT2D eigenvalue weighted by atomic mass is 16.5. The van der Waals surface area contributed by atoms with E-state index in [-0.39, 0.29) is 0 Å². The fourth-order valence-electron chi connectivity index (χ4n) is 2.50. The summed E-state index contributed by atoms with van der Waals surface area (Å²) in [4.78, 5) is 11.5. The summed E-state index contributed by atoms with van der Waals surface area (Å²) >= 11 is 0. The van der Waals surface area contributed by atoms with E-state index in [9.17, 15) is 4.79 Å². The average molecular weight is 338 g/mol. The molecule has 25 heavy (non-hydrogen) atoms. The fourth-order valence-corrected chi connectivity index (χ4v) is 2.50. The van der Waals surface area contributed by atoms with Crippen LogP contribution < -0.4 is 10.2 Å². The first-order valence-corrected chi connectivity index (χ1v) is 7.77. The molecule has 0 radical (unpaired) electrons. The van der Waals surface area contributed by atoms with Crippen LogP contribution in [0, 0.1) is 0 Å². The van der Waals surface area contributed by atoms with Crippen LogP contribution in [0.25, 0.3) is 11.3 Å². The maximum Gasteiger partial charge on any atom is 0.274 e. The largest absolute Gasteiger partial charge is 0.497 e. The van der Waals surface area contributed by atoms with E-state index in [1.807, 2.05) is 36.5 Å². The monoisotopic (exact) mass is 338 g/mol. The van der Waals surface area contributed by atoms with Gasteiger partial charge in [-0.1, -0.05) is 29.5 Å². The normalized spacial score (nSPS) is 10.5. The van der Waals surface area contributed by atoms with Crippen molar-refractivity contribution in [1.29, 1.82) is 0 Å². The van der Waals surface area contributed by atoms with Crippen LogP contribution in [-0.4, -0.2) is 33.2 Å². The van der Waals surface area contributed by atoms with Crippen LogP contribution in [0.4, 0.5) is 0 Å². The highest BCUT2D eigenvalue weighted by molar-refractivity contribution is 5.94. The van der Waals surface area contributed by atoms with Gasteiger partial charge in [0.05, 0.1) is 13.3 Å². The number of rotatable bonds is 6. The van der Waals surface area contributed by atoms with E-state index >= 15 is 0 Å². The topological polar surface area (TPSA) is 89.3 Å². The van der Waals surface area contributed by atoms with E-state index in [4.69, 9.17) is 9.94 Å². The summed E-state index contributed by atoms with van der Waals surface area (Å²) in [5.41, 5.74) is 4.55. The number of aryl methyl sites for hydroxylation is 2. The van der Waals surface area contributed by atoms with Crippen LogP contribution >= 0.6 is 0 Å². The van der Waals surface area contributed by atoms with Crippen molar-refractivity contribution in [2.75, 3.05) is 7.11 Å². The number of nitrogens with zero attached hydrogens (tertiary/aromatic N) is 3. The SMILES string of the molecule is COc1cccc(CCn2cc(-c3cccc(C(=O)NO)c3)nn2)c1. The lowest BCUT2D eigenvalue weighted by molar-refractivity contribution is 0.0706. The van der Waals surface area contributed by atoms with E-state index in [0.29, 0.717) is 17.8 Å². The molecule has 0 atom stereocenters. The summed E-state index contributed by atoms with van der Waals surface area (Å²) in [5.74, 6) is 0.267. The quantitative estimate of drug-likeness (QED) is 0.532. The lowest BCUT2D eigenvalue weighted by Crippen LogP contribution is -2.18. The molecule has 0 bridgehead atoms. The van der Waals surface area contributed by atoms with Crippen molar-refractivity contribution in [1.82, 2.24) is 20.5 Å². The van der Waals surface area contributed by atoms with Gasteiger partial charge >= 0.3 is 0 Å². The van der Waals surface area contributed by atoms with E-state index in [1.54, 1.807) is 35.5 Å². The number of carbonyl (C=O) groups is 1. The molecule has 0 spiro atoms. The minimum Gasteiger partial charge on any atom is -0.497 e. The minimum absolute atomic E-state index is 0.353. The van der Waals surface area contributed by atoms with Gasteiger partial charge in [0.25, 0.3) is 5.91 Å². The second-order valence-corrected chi connectivity index (χ2v) is 5.49. The third-order valence-corrected chi connectivity index (χ3v) is 3.82. The molecule has 2 aromatic carbocycles.